The van der Waals surface area contributed by atoms with Crippen LogP contribution < -0.4 is 16.4 Å². The molecule has 0 aliphatic rings. The molecule has 146 valence electrons. The van der Waals surface area contributed by atoms with Gasteiger partial charge in [-0.3, -0.25) is 9.59 Å². The standard InChI is InChI=1S/C20H33N3O3/c1-5-6-12-15(21)18(25)22-16(13-14-10-8-7-9-11-14)17(24)19(26)23-20(2,3)4/h7-11,15-17,24H,5-6,12-13,21H2,1-4H3,(H,22,25)(H,23,26)/t15-,16?,17?/m0/s1. The third-order valence-electron chi connectivity index (χ3n) is 3.98. The maximum absolute atomic E-state index is 12.4. The second-order valence-corrected chi connectivity index (χ2v) is 7.74. The van der Waals surface area contributed by atoms with Crippen molar-refractivity contribution in [3.05, 3.63) is 35.9 Å². The molecule has 1 aromatic carbocycles. The molecule has 0 aliphatic heterocycles. The number of nitrogens with two attached hydrogens (primary N) is 1. The van der Waals surface area contributed by atoms with Gasteiger partial charge in [0.05, 0.1) is 12.1 Å². The molecule has 1 aromatic rings. The van der Waals surface area contributed by atoms with Gasteiger partial charge in [0.1, 0.15) is 0 Å². The molecule has 6 nitrogen and oxygen atoms in total. The summed E-state index contributed by atoms with van der Waals surface area (Å²) in [5.41, 5.74) is 6.37. The lowest BCUT2D eigenvalue weighted by Gasteiger charge is -2.28. The molecule has 0 bridgehead atoms. The number of carbonyl (C=O) groups is 2. The molecule has 0 saturated carbocycles. The zero-order chi connectivity index (χ0) is 19.7. The Morgan fingerprint density at radius 3 is 2.31 bits per heavy atom. The number of nitrogens with one attached hydrogen (secondary N) is 2. The quantitative estimate of drug-likeness (QED) is 0.534. The van der Waals surface area contributed by atoms with Crippen LogP contribution in [0.3, 0.4) is 0 Å². The lowest BCUT2D eigenvalue weighted by Crippen LogP contribution is -2.57. The van der Waals surface area contributed by atoms with Crippen LogP contribution in [0.5, 0.6) is 0 Å². The Kier molecular flexibility index (Phi) is 8.75. The summed E-state index contributed by atoms with van der Waals surface area (Å²) in [6.07, 6.45) is 1.35. The van der Waals surface area contributed by atoms with Crippen molar-refractivity contribution >= 4 is 11.8 Å². The van der Waals surface area contributed by atoms with Crippen LogP contribution in [-0.2, 0) is 16.0 Å². The van der Waals surface area contributed by atoms with Crippen molar-refractivity contribution in [3.8, 4) is 0 Å². The van der Waals surface area contributed by atoms with Crippen LogP contribution in [0.4, 0.5) is 0 Å². The summed E-state index contributed by atoms with van der Waals surface area (Å²) in [6.45, 7) is 7.54. The average Bonchev–Trinajstić information content (AvgIpc) is 2.57. The van der Waals surface area contributed by atoms with Gasteiger partial charge in [-0.1, -0.05) is 50.1 Å². The molecule has 0 spiro atoms. The van der Waals surface area contributed by atoms with Crippen molar-refractivity contribution in [3.63, 3.8) is 0 Å². The monoisotopic (exact) mass is 363 g/mol. The number of amides is 2. The molecule has 5 N–H and O–H groups in total. The molecule has 0 saturated heterocycles. The minimum Gasteiger partial charge on any atom is -0.381 e. The molecule has 6 heteroatoms. The zero-order valence-electron chi connectivity index (χ0n) is 16.3. The molecule has 0 aromatic heterocycles. The van der Waals surface area contributed by atoms with Crippen molar-refractivity contribution in [1.29, 1.82) is 0 Å². The third kappa shape index (κ3) is 7.97. The van der Waals surface area contributed by atoms with Crippen molar-refractivity contribution in [1.82, 2.24) is 10.6 Å². The minimum absolute atomic E-state index is 0.339. The Hall–Kier alpha value is -1.92. The van der Waals surface area contributed by atoms with Crippen molar-refractivity contribution in [2.24, 2.45) is 5.73 Å². The van der Waals surface area contributed by atoms with Gasteiger partial charge in [0.2, 0.25) is 5.91 Å². The Morgan fingerprint density at radius 1 is 1.15 bits per heavy atom. The summed E-state index contributed by atoms with van der Waals surface area (Å²) in [5, 5.41) is 16.1. The van der Waals surface area contributed by atoms with Gasteiger partial charge in [-0.2, -0.15) is 0 Å². The largest absolute Gasteiger partial charge is 0.381 e. The SMILES string of the molecule is CCCC[C@H](N)C(=O)NC(Cc1ccccc1)C(O)C(=O)NC(C)(C)C. The fourth-order valence-electron chi connectivity index (χ4n) is 2.58. The second kappa shape index (κ2) is 10.3. The fourth-order valence-corrected chi connectivity index (χ4v) is 2.58. The van der Waals surface area contributed by atoms with E-state index in [-0.39, 0.29) is 5.91 Å². The lowest BCUT2D eigenvalue weighted by molar-refractivity contribution is -0.133. The first kappa shape index (κ1) is 22.1. The Morgan fingerprint density at radius 2 is 1.77 bits per heavy atom. The van der Waals surface area contributed by atoms with E-state index in [2.05, 4.69) is 10.6 Å². The van der Waals surface area contributed by atoms with Gasteiger partial charge in [-0.25, -0.2) is 0 Å². The molecule has 26 heavy (non-hydrogen) atoms. The van der Waals surface area contributed by atoms with Crippen LogP contribution in [0.2, 0.25) is 0 Å². The topological polar surface area (TPSA) is 104 Å². The summed E-state index contributed by atoms with van der Waals surface area (Å²) in [6, 6.07) is 8.03. The minimum atomic E-state index is -1.36. The van der Waals surface area contributed by atoms with Gasteiger partial charge >= 0.3 is 0 Å². The van der Waals surface area contributed by atoms with Gasteiger partial charge in [-0.05, 0) is 39.2 Å². The summed E-state index contributed by atoms with van der Waals surface area (Å²) < 4.78 is 0. The van der Waals surface area contributed by atoms with E-state index >= 15 is 0 Å². The number of benzene rings is 1. The molecule has 1 rings (SSSR count). The van der Waals surface area contributed by atoms with Crippen molar-refractivity contribution in [2.45, 2.75) is 77.1 Å². The highest BCUT2D eigenvalue weighted by Gasteiger charge is 2.31. The first-order valence-electron chi connectivity index (χ1n) is 9.24. The van der Waals surface area contributed by atoms with E-state index in [1.54, 1.807) is 0 Å². The van der Waals surface area contributed by atoms with E-state index in [9.17, 15) is 14.7 Å². The third-order valence-corrected chi connectivity index (χ3v) is 3.98. The molecule has 2 amide bonds. The normalized spacial score (nSPS) is 15.0. The van der Waals surface area contributed by atoms with E-state index in [1.807, 2.05) is 58.0 Å². The van der Waals surface area contributed by atoms with Crippen molar-refractivity contribution in [2.75, 3.05) is 0 Å². The van der Waals surface area contributed by atoms with Crippen LogP contribution in [0.1, 0.15) is 52.5 Å². The van der Waals surface area contributed by atoms with Gasteiger partial charge in [-0.15, -0.1) is 0 Å². The van der Waals surface area contributed by atoms with Crippen LogP contribution in [0, 0.1) is 0 Å². The number of carbonyl (C=O) groups excluding carboxylic acids is 2. The van der Waals surface area contributed by atoms with Crippen LogP contribution >= 0.6 is 0 Å². The smallest absolute Gasteiger partial charge is 0.251 e. The van der Waals surface area contributed by atoms with E-state index < -0.39 is 29.6 Å². The molecular formula is C20H33N3O3. The fraction of sp³-hybridized carbons (Fsp3) is 0.600. The summed E-state index contributed by atoms with van der Waals surface area (Å²) in [4.78, 5) is 24.8. The lowest BCUT2D eigenvalue weighted by atomic mass is 9.98. The second-order valence-electron chi connectivity index (χ2n) is 7.74. The predicted molar refractivity (Wildman–Crippen MR) is 103 cm³/mol. The Bertz CT molecular complexity index is 569. The first-order valence-corrected chi connectivity index (χ1v) is 9.24. The van der Waals surface area contributed by atoms with Crippen LogP contribution in [0.25, 0.3) is 0 Å². The van der Waals surface area contributed by atoms with Gasteiger partial charge in [0, 0.05) is 5.54 Å². The highest BCUT2D eigenvalue weighted by molar-refractivity contribution is 5.85. The van der Waals surface area contributed by atoms with E-state index in [4.69, 9.17) is 5.73 Å². The van der Waals surface area contributed by atoms with E-state index in [1.165, 1.54) is 0 Å². The Labute approximate surface area is 156 Å². The average molecular weight is 364 g/mol. The highest BCUT2D eigenvalue weighted by atomic mass is 16.3. The number of hydrogen-bond acceptors (Lipinski definition) is 4. The number of rotatable bonds is 9. The molecule has 0 radical (unpaired) electrons. The summed E-state index contributed by atoms with van der Waals surface area (Å²) in [5.74, 6) is -0.858. The molecular weight excluding hydrogens is 330 g/mol. The maximum atomic E-state index is 12.4. The zero-order valence-corrected chi connectivity index (χ0v) is 16.3. The number of hydrogen-bond donors (Lipinski definition) is 4. The van der Waals surface area contributed by atoms with Crippen LogP contribution in [-0.4, -0.2) is 40.6 Å². The maximum Gasteiger partial charge on any atom is 0.251 e. The molecule has 2 unspecified atom stereocenters. The van der Waals surface area contributed by atoms with Crippen molar-refractivity contribution < 1.29 is 14.7 Å². The molecule has 0 fully saturated rings. The number of unbranched alkanes of at least 4 members (excludes halogenated alkanes) is 1. The van der Waals surface area contributed by atoms with Gasteiger partial charge in [0.15, 0.2) is 6.10 Å². The Balaban J connectivity index is 2.87. The summed E-state index contributed by atoms with van der Waals surface area (Å²) >= 11 is 0. The summed E-state index contributed by atoms with van der Waals surface area (Å²) in [7, 11) is 0. The van der Waals surface area contributed by atoms with E-state index in [0.29, 0.717) is 12.8 Å². The number of aliphatic hydroxyl groups excluding tert-OH is 1. The van der Waals surface area contributed by atoms with Gasteiger partial charge in [0.25, 0.3) is 5.91 Å². The number of aliphatic hydroxyl groups is 1. The molecule has 0 heterocycles. The molecule has 0 aliphatic carbocycles. The first-order chi connectivity index (χ1) is 12.1. The van der Waals surface area contributed by atoms with Gasteiger partial charge < -0.3 is 21.5 Å². The van der Waals surface area contributed by atoms with Crippen LogP contribution in [0.15, 0.2) is 30.3 Å². The highest BCUT2D eigenvalue weighted by Crippen LogP contribution is 2.09. The van der Waals surface area contributed by atoms with E-state index in [0.717, 1.165) is 18.4 Å². The molecule has 3 atom stereocenters. The predicted octanol–water partition coefficient (Wildman–Crippen LogP) is 1.51.